The number of halogens is 2. The summed E-state index contributed by atoms with van der Waals surface area (Å²) < 4.78 is 7.17. The maximum atomic E-state index is 12.9. The average Bonchev–Trinajstić information content (AvgIpc) is 3.23. The van der Waals surface area contributed by atoms with Crippen molar-refractivity contribution in [2.24, 2.45) is 0 Å². The van der Waals surface area contributed by atoms with Crippen LogP contribution in [-0.2, 0) is 17.7 Å². The van der Waals surface area contributed by atoms with E-state index in [1.54, 1.807) is 4.90 Å². The number of nitrogens with zero attached hydrogens (tertiary/aromatic N) is 3. The van der Waals surface area contributed by atoms with Crippen LogP contribution in [0.5, 0.6) is 5.75 Å². The number of benzene rings is 2. The van der Waals surface area contributed by atoms with Gasteiger partial charge in [0.25, 0.3) is 0 Å². The van der Waals surface area contributed by atoms with Crippen molar-refractivity contribution in [1.82, 2.24) is 20.1 Å². The molecule has 0 saturated carbocycles. The van der Waals surface area contributed by atoms with E-state index in [9.17, 15) is 9.90 Å². The summed E-state index contributed by atoms with van der Waals surface area (Å²) in [5.41, 5.74) is 5.21. The molecule has 9 heteroatoms. The number of aromatic hydroxyl groups is 1. The highest BCUT2D eigenvalue weighted by Crippen LogP contribution is 2.39. The van der Waals surface area contributed by atoms with Gasteiger partial charge in [0.2, 0.25) is 0 Å². The number of nitrogens with one attached hydrogen (secondary N) is 1. The number of amides is 1. The fraction of sp³-hybridized carbons (Fsp3) is 0.292. The van der Waals surface area contributed by atoms with Crippen LogP contribution in [0.25, 0.3) is 33.1 Å². The first kappa shape index (κ1) is 22.6. The van der Waals surface area contributed by atoms with E-state index in [1.807, 2.05) is 51.2 Å². The number of ether oxygens (including phenoxy) is 1. The molecule has 0 radical (unpaired) electrons. The number of pyridine rings is 1. The molecular weight excluding hydrogens is 646 g/mol. The van der Waals surface area contributed by atoms with Crippen molar-refractivity contribution in [3.05, 3.63) is 48.7 Å². The fourth-order valence-corrected chi connectivity index (χ4v) is 6.05. The average molecular weight is 668 g/mol. The van der Waals surface area contributed by atoms with E-state index in [-0.39, 0.29) is 11.8 Å². The highest BCUT2D eigenvalue weighted by atomic mass is 127. The molecule has 170 valence electrons. The Hall–Kier alpha value is -2.15. The van der Waals surface area contributed by atoms with Gasteiger partial charge >= 0.3 is 6.09 Å². The summed E-state index contributed by atoms with van der Waals surface area (Å²) in [5, 5.41) is 19.7. The Morgan fingerprint density at radius 2 is 1.91 bits per heavy atom. The van der Waals surface area contributed by atoms with Crippen molar-refractivity contribution >= 4 is 73.1 Å². The van der Waals surface area contributed by atoms with Gasteiger partial charge in [-0.3, -0.25) is 5.10 Å². The number of fused-ring (bicyclic) bond motifs is 5. The van der Waals surface area contributed by atoms with Gasteiger partial charge in [0.15, 0.2) is 0 Å². The fourth-order valence-electron chi connectivity index (χ4n) is 4.28. The molecule has 0 aliphatic carbocycles. The maximum Gasteiger partial charge on any atom is 0.410 e. The monoisotopic (exact) mass is 668 g/mol. The summed E-state index contributed by atoms with van der Waals surface area (Å²) in [4.78, 5) is 19.7. The summed E-state index contributed by atoms with van der Waals surface area (Å²) >= 11 is 4.27. The van der Waals surface area contributed by atoms with Crippen molar-refractivity contribution in [3.8, 4) is 17.0 Å². The predicted octanol–water partition coefficient (Wildman–Crippen LogP) is 5.99. The third kappa shape index (κ3) is 4.13. The Balaban J connectivity index is 1.73. The van der Waals surface area contributed by atoms with Crippen molar-refractivity contribution in [2.45, 2.75) is 39.3 Å². The topological polar surface area (TPSA) is 91.3 Å². The summed E-state index contributed by atoms with van der Waals surface area (Å²) in [7, 11) is 0. The van der Waals surface area contributed by atoms with Crippen LogP contribution in [0.4, 0.5) is 4.79 Å². The number of phenolic OH excluding ortho intramolecular Hbond substituents is 1. The van der Waals surface area contributed by atoms with E-state index in [0.29, 0.717) is 19.5 Å². The molecule has 33 heavy (non-hydrogen) atoms. The van der Waals surface area contributed by atoms with Crippen LogP contribution in [-0.4, -0.2) is 43.4 Å². The minimum atomic E-state index is -0.562. The quantitative estimate of drug-likeness (QED) is 0.244. The van der Waals surface area contributed by atoms with Crippen LogP contribution in [0.3, 0.4) is 0 Å². The molecule has 0 bridgehead atoms. The van der Waals surface area contributed by atoms with Gasteiger partial charge in [0, 0.05) is 28.4 Å². The van der Waals surface area contributed by atoms with Gasteiger partial charge in [0.05, 0.1) is 36.6 Å². The van der Waals surface area contributed by atoms with Crippen LogP contribution in [0.2, 0.25) is 0 Å². The van der Waals surface area contributed by atoms with E-state index in [0.717, 1.165) is 45.8 Å². The summed E-state index contributed by atoms with van der Waals surface area (Å²) in [5.74, 6) is 0.269. The van der Waals surface area contributed by atoms with Crippen LogP contribution < -0.4 is 0 Å². The molecule has 2 aromatic carbocycles. The largest absolute Gasteiger partial charge is 0.506 e. The van der Waals surface area contributed by atoms with E-state index < -0.39 is 5.60 Å². The first-order chi connectivity index (χ1) is 15.6. The van der Waals surface area contributed by atoms with Crippen LogP contribution in [0.1, 0.15) is 31.9 Å². The van der Waals surface area contributed by atoms with E-state index in [4.69, 9.17) is 9.72 Å². The first-order valence-corrected chi connectivity index (χ1v) is 12.7. The van der Waals surface area contributed by atoms with Gasteiger partial charge < -0.3 is 14.7 Å². The molecule has 5 rings (SSSR count). The standard InChI is InChI=1S/C24H22I2N4O3/c1-24(2,3)33-23(32)30-7-6-13-15(11-30)21(12-8-16(25)22(31)17(26)9-12)28-19-5-4-18-14(20(13)19)10-27-29-18/h4-5,8-10,31H,6-7,11H2,1-3H3,(H,27,29). The van der Waals surface area contributed by atoms with Gasteiger partial charge in [-0.2, -0.15) is 5.10 Å². The van der Waals surface area contributed by atoms with Gasteiger partial charge in [0.1, 0.15) is 11.4 Å². The molecule has 1 amide bonds. The Labute approximate surface area is 218 Å². The Morgan fingerprint density at radius 1 is 1.18 bits per heavy atom. The Kier molecular flexibility index (Phi) is 5.66. The molecule has 0 unspecified atom stereocenters. The molecule has 0 fully saturated rings. The molecule has 1 aliphatic heterocycles. The van der Waals surface area contributed by atoms with Crippen molar-refractivity contribution in [3.63, 3.8) is 0 Å². The molecule has 4 aromatic rings. The molecule has 0 spiro atoms. The summed E-state index contributed by atoms with van der Waals surface area (Å²) in [6.07, 6.45) is 2.21. The number of aromatic amines is 1. The lowest BCUT2D eigenvalue weighted by molar-refractivity contribution is 0.0224. The number of H-pyrrole nitrogens is 1. The molecule has 3 heterocycles. The number of carbonyl (C=O) groups is 1. The number of hydrogen-bond acceptors (Lipinski definition) is 5. The van der Waals surface area contributed by atoms with Crippen LogP contribution in [0.15, 0.2) is 30.5 Å². The summed E-state index contributed by atoms with van der Waals surface area (Å²) in [6.45, 7) is 6.60. The Morgan fingerprint density at radius 3 is 2.61 bits per heavy atom. The second kappa shape index (κ2) is 8.26. The molecule has 7 nitrogen and oxygen atoms in total. The second-order valence-corrected chi connectivity index (χ2v) is 11.5. The predicted molar refractivity (Wildman–Crippen MR) is 144 cm³/mol. The molecular formula is C24H22I2N4O3. The van der Waals surface area contributed by atoms with Gasteiger partial charge in [-0.25, -0.2) is 9.78 Å². The van der Waals surface area contributed by atoms with Crippen molar-refractivity contribution in [1.29, 1.82) is 0 Å². The number of aromatic nitrogens is 3. The van der Waals surface area contributed by atoms with E-state index in [1.165, 1.54) is 5.56 Å². The minimum absolute atomic E-state index is 0.269. The number of phenols is 1. The number of rotatable bonds is 1. The normalized spacial score (nSPS) is 14.0. The zero-order valence-corrected chi connectivity index (χ0v) is 22.7. The lowest BCUT2D eigenvalue weighted by Crippen LogP contribution is -2.40. The lowest BCUT2D eigenvalue weighted by Gasteiger charge is -2.32. The molecule has 2 N–H and O–H groups in total. The number of hydrogen-bond donors (Lipinski definition) is 2. The van der Waals surface area contributed by atoms with Crippen molar-refractivity contribution < 1.29 is 14.6 Å². The molecule has 1 aliphatic rings. The van der Waals surface area contributed by atoms with Crippen LogP contribution in [0, 0.1) is 7.14 Å². The second-order valence-electron chi connectivity index (χ2n) is 9.15. The minimum Gasteiger partial charge on any atom is -0.506 e. The highest BCUT2D eigenvalue weighted by molar-refractivity contribution is 14.1. The zero-order valence-electron chi connectivity index (χ0n) is 18.4. The first-order valence-electron chi connectivity index (χ1n) is 10.6. The lowest BCUT2D eigenvalue weighted by atomic mass is 9.90. The van der Waals surface area contributed by atoms with Gasteiger partial charge in [-0.1, -0.05) is 0 Å². The van der Waals surface area contributed by atoms with Crippen molar-refractivity contribution in [2.75, 3.05) is 6.54 Å². The van der Waals surface area contributed by atoms with Gasteiger partial charge in [-0.05, 0) is 102 Å². The molecule has 0 saturated heterocycles. The number of carbonyl (C=O) groups excluding carboxylic acids is 1. The van der Waals surface area contributed by atoms with E-state index in [2.05, 4.69) is 55.4 Å². The Bertz CT molecular complexity index is 1400. The third-order valence-corrected chi connectivity index (χ3v) is 7.35. The summed E-state index contributed by atoms with van der Waals surface area (Å²) in [6, 6.07) is 7.88. The molecule has 0 atom stereocenters. The smallest absolute Gasteiger partial charge is 0.410 e. The van der Waals surface area contributed by atoms with Gasteiger partial charge in [-0.15, -0.1) is 0 Å². The SMILES string of the molecule is CC(C)(C)OC(=O)N1CCc2c(c(-c3cc(I)c(O)c(I)c3)nc3ccc4[nH]ncc4c23)C1. The maximum absolute atomic E-state index is 12.9. The third-order valence-electron chi connectivity index (χ3n) is 5.71. The van der Waals surface area contributed by atoms with Crippen LogP contribution >= 0.6 is 45.2 Å². The zero-order chi connectivity index (χ0) is 23.5. The highest BCUT2D eigenvalue weighted by Gasteiger charge is 2.30. The van der Waals surface area contributed by atoms with E-state index >= 15 is 0 Å². The molecule has 2 aromatic heterocycles.